The van der Waals surface area contributed by atoms with Crippen molar-refractivity contribution in [2.45, 2.75) is 13.0 Å². The lowest BCUT2D eigenvalue weighted by Crippen LogP contribution is -2.37. The summed E-state index contributed by atoms with van der Waals surface area (Å²) in [4.78, 5) is 1.98. The maximum atomic E-state index is 5.39. The highest BCUT2D eigenvalue weighted by Gasteiger charge is 2.10. The first-order chi connectivity index (χ1) is 10.1. The third-order valence-corrected chi connectivity index (χ3v) is 3.51. The van der Waals surface area contributed by atoms with E-state index in [4.69, 9.17) is 26.4 Å². The van der Waals surface area contributed by atoms with Gasteiger partial charge in [0, 0.05) is 45.5 Å². The van der Waals surface area contributed by atoms with Crippen LogP contribution in [-0.2, 0) is 11.3 Å². The van der Waals surface area contributed by atoms with Gasteiger partial charge in [0.2, 0.25) is 0 Å². The predicted molar refractivity (Wildman–Crippen MR) is 88.1 cm³/mol. The third-order valence-electron chi connectivity index (χ3n) is 3.05. The van der Waals surface area contributed by atoms with Crippen LogP contribution in [0, 0.1) is 0 Å². The summed E-state index contributed by atoms with van der Waals surface area (Å²) in [6.45, 7) is 2.20. The van der Waals surface area contributed by atoms with E-state index in [-0.39, 0.29) is 0 Å². The molecule has 0 atom stereocenters. The summed E-state index contributed by atoms with van der Waals surface area (Å²) in [5.41, 5.74) is 1.06. The molecule has 118 valence electrons. The van der Waals surface area contributed by atoms with E-state index < -0.39 is 0 Å². The average molecular weight is 312 g/mol. The highest BCUT2D eigenvalue weighted by atomic mass is 32.1. The minimum atomic E-state index is 0.670. The van der Waals surface area contributed by atoms with Crippen LogP contribution < -0.4 is 14.8 Å². The number of methoxy groups -OCH3 is 3. The molecule has 0 aliphatic heterocycles. The van der Waals surface area contributed by atoms with Crippen molar-refractivity contribution in [1.82, 2.24) is 10.2 Å². The fourth-order valence-corrected chi connectivity index (χ4v) is 2.02. The quantitative estimate of drug-likeness (QED) is 0.585. The second-order valence-corrected chi connectivity index (χ2v) is 5.00. The van der Waals surface area contributed by atoms with E-state index in [2.05, 4.69) is 5.32 Å². The maximum Gasteiger partial charge on any atom is 0.168 e. The predicted octanol–water partition coefficient (Wildman–Crippen LogP) is 2.05. The minimum Gasteiger partial charge on any atom is -0.497 e. The Morgan fingerprint density at radius 3 is 2.62 bits per heavy atom. The molecule has 0 unspecified atom stereocenters. The summed E-state index contributed by atoms with van der Waals surface area (Å²) >= 11 is 5.36. The van der Waals surface area contributed by atoms with Gasteiger partial charge in [-0.15, -0.1) is 0 Å². The summed E-state index contributed by atoms with van der Waals surface area (Å²) in [5, 5.41) is 3.92. The van der Waals surface area contributed by atoms with Crippen LogP contribution in [0.4, 0.5) is 0 Å². The molecule has 5 nitrogen and oxygen atoms in total. The summed E-state index contributed by atoms with van der Waals surface area (Å²) in [5.74, 6) is 1.57. The van der Waals surface area contributed by atoms with Crippen LogP contribution >= 0.6 is 12.2 Å². The van der Waals surface area contributed by atoms with Crippen molar-refractivity contribution < 1.29 is 14.2 Å². The molecule has 0 radical (unpaired) electrons. The Morgan fingerprint density at radius 1 is 1.24 bits per heavy atom. The van der Waals surface area contributed by atoms with Gasteiger partial charge in [-0.05, 0) is 30.8 Å². The lowest BCUT2D eigenvalue weighted by molar-refractivity contribution is 0.195. The molecular weight excluding hydrogens is 288 g/mol. The van der Waals surface area contributed by atoms with E-state index in [1.165, 1.54) is 0 Å². The van der Waals surface area contributed by atoms with Gasteiger partial charge in [0.05, 0.1) is 14.2 Å². The third kappa shape index (κ3) is 5.77. The van der Waals surface area contributed by atoms with Crippen LogP contribution in [0.2, 0.25) is 0 Å². The van der Waals surface area contributed by atoms with Crippen LogP contribution in [0.5, 0.6) is 11.5 Å². The zero-order chi connectivity index (χ0) is 15.7. The van der Waals surface area contributed by atoms with E-state index in [1.807, 2.05) is 30.1 Å². The minimum absolute atomic E-state index is 0.670. The van der Waals surface area contributed by atoms with Gasteiger partial charge >= 0.3 is 0 Å². The Kier molecular flexibility index (Phi) is 7.85. The number of thiocarbonyl (C=S) groups is 1. The van der Waals surface area contributed by atoms with Crippen molar-refractivity contribution in [3.8, 4) is 11.5 Å². The largest absolute Gasteiger partial charge is 0.497 e. The molecule has 0 aliphatic carbocycles. The van der Waals surface area contributed by atoms with Crippen LogP contribution in [0.1, 0.15) is 12.0 Å². The fourth-order valence-electron chi connectivity index (χ4n) is 1.86. The number of benzene rings is 1. The smallest absolute Gasteiger partial charge is 0.168 e. The Bertz CT molecular complexity index is 455. The Balaban J connectivity index is 2.57. The normalized spacial score (nSPS) is 10.1. The van der Waals surface area contributed by atoms with Crippen molar-refractivity contribution in [3.05, 3.63) is 23.8 Å². The number of hydrogen-bond acceptors (Lipinski definition) is 4. The molecule has 0 aromatic heterocycles. The van der Waals surface area contributed by atoms with Gasteiger partial charge in [0.15, 0.2) is 5.11 Å². The number of nitrogens with one attached hydrogen (secondary N) is 1. The first-order valence-corrected chi connectivity index (χ1v) is 7.22. The zero-order valence-corrected chi connectivity index (χ0v) is 14.0. The maximum absolute atomic E-state index is 5.39. The lowest BCUT2D eigenvalue weighted by atomic mass is 10.2. The molecule has 0 saturated carbocycles. The molecule has 0 bridgehead atoms. The molecule has 1 N–H and O–H groups in total. The van der Waals surface area contributed by atoms with E-state index in [1.54, 1.807) is 21.3 Å². The van der Waals surface area contributed by atoms with Gasteiger partial charge in [-0.1, -0.05) is 0 Å². The number of ether oxygens (including phenoxy) is 3. The monoisotopic (exact) mass is 312 g/mol. The number of hydrogen-bond donors (Lipinski definition) is 1. The van der Waals surface area contributed by atoms with Gasteiger partial charge in [-0.2, -0.15) is 0 Å². The molecule has 0 amide bonds. The molecule has 0 saturated heterocycles. The molecule has 21 heavy (non-hydrogen) atoms. The van der Waals surface area contributed by atoms with E-state index in [9.17, 15) is 0 Å². The second-order valence-electron chi connectivity index (χ2n) is 4.61. The second kappa shape index (κ2) is 9.41. The van der Waals surface area contributed by atoms with Gasteiger partial charge in [-0.25, -0.2) is 0 Å². The Hall–Kier alpha value is -1.53. The van der Waals surface area contributed by atoms with Crippen molar-refractivity contribution in [3.63, 3.8) is 0 Å². The Morgan fingerprint density at radius 2 is 2.00 bits per heavy atom. The molecule has 1 aromatic rings. The van der Waals surface area contributed by atoms with Crippen molar-refractivity contribution in [1.29, 1.82) is 0 Å². The molecule has 1 aromatic carbocycles. The molecule has 0 aliphatic rings. The number of nitrogens with zero attached hydrogens (tertiary/aromatic N) is 1. The van der Waals surface area contributed by atoms with Gasteiger partial charge in [0.1, 0.15) is 11.5 Å². The van der Waals surface area contributed by atoms with Crippen LogP contribution in [0.15, 0.2) is 18.2 Å². The van der Waals surface area contributed by atoms with E-state index >= 15 is 0 Å². The topological polar surface area (TPSA) is 43.0 Å². The number of rotatable bonds is 8. The standard InChI is InChI=1S/C15H24N2O3S/c1-17(15(21)16-8-5-9-18-2)11-12-6-7-13(19-3)10-14(12)20-4/h6-7,10H,5,8-9,11H2,1-4H3,(H,16,21). The molecule has 0 fully saturated rings. The van der Waals surface area contributed by atoms with E-state index in [0.29, 0.717) is 11.7 Å². The summed E-state index contributed by atoms with van der Waals surface area (Å²) in [7, 11) is 6.94. The van der Waals surface area contributed by atoms with Crippen LogP contribution in [0.25, 0.3) is 0 Å². The lowest BCUT2D eigenvalue weighted by Gasteiger charge is -2.22. The van der Waals surface area contributed by atoms with Crippen molar-refractivity contribution >= 4 is 17.3 Å². The summed E-state index contributed by atoms with van der Waals surface area (Å²) < 4.78 is 15.6. The average Bonchev–Trinajstić information content (AvgIpc) is 2.51. The molecule has 1 rings (SSSR count). The molecule has 0 spiro atoms. The van der Waals surface area contributed by atoms with Gasteiger partial charge in [0.25, 0.3) is 0 Å². The Labute approximate surface area is 132 Å². The summed E-state index contributed by atoms with van der Waals surface area (Å²) in [6.07, 6.45) is 0.927. The van der Waals surface area contributed by atoms with Crippen molar-refractivity contribution in [2.24, 2.45) is 0 Å². The van der Waals surface area contributed by atoms with Crippen molar-refractivity contribution in [2.75, 3.05) is 41.5 Å². The van der Waals surface area contributed by atoms with Crippen LogP contribution in [-0.4, -0.2) is 51.5 Å². The molecular formula is C15H24N2O3S. The van der Waals surface area contributed by atoms with E-state index in [0.717, 1.165) is 36.6 Å². The fraction of sp³-hybridized carbons (Fsp3) is 0.533. The molecule has 0 heterocycles. The SMILES string of the molecule is COCCCNC(=S)N(C)Cc1ccc(OC)cc1OC. The first kappa shape index (κ1) is 17.5. The highest BCUT2D eigenvalue weighted by Crippen LogP contribution is 2.25. The van der Waals surface area contributed by atoms with Gasteiger partial charge in [-0.3, -0.25) is 0 Å². The first-order valence-electron chi connectivity index (χ1n) is 6.81. The highest BCUT2D eigenvalue weighted by molar-refractivity contribution is 7.80. The molecule has 6 heteroatoms. The van der Waals surface area contributed by atoms with Gasteiger partial charge < -0.3 is 24.4 Å². The summed E-state index contributed by atoms with van der Waals surface area (Å²) in [6, 6.07) is 5.78. The zero-order valence-electron chi connectivity index (χ0n) is 13.1. The van der Waals surface area contributed by atoms with Crippen LogP contribution in [0.3, 0.4) is 0 Å².